The van der Waals surface area contributed by atoms with E-state index in [-0.39, 0.29) is 16.5 Å². The lowest BCUT2D eigenvalue weighted by atomic mass is 10.2. The van der Waals surface area contributed by atoms with E-state index in [9.17, 15) is 18.0 Å². The molecule has 0 aliphatic heterocycles. The van der Waals surface area contributed by atoms with Crippen LogP contribution in [0.1, 0.15) is 19.5 Å². The van der Waals surface area contributed by atoms with Crippen molar-refractivity contribution in [3.05, 3.63) is 28.9 Å². The highest BCUT2D eigenvalue weighted by Crippen LogP contribution is 2.36. The Balaban J connectivity index is 2.14. The molecular formula is C15H15ClF3N3O4. The average molecular weight is 394 g/mol. The fourth-order valence-corrected chi connectivity index (χ4v) is 2.12. The first-order chi connectivity index (χ1) is 12.2. The van der Waals surface area contributed by atoms with Crippen molar-refractivity contribution < 1.29 is 32.0 Å². The number of hydrogen-bond donors (Lipinski definition) is 2. The number of nitrogens with zero attached hydrogens (tertiary/aromatic N) is 1. The number of nitrogens with one attached hydrogen (secondary N) is 2. The number of hydrogen-bond acceptors (Lipinski definition) is 5. The zero-order chi connectivity index (χ0) is 19.3. The molecule has 2 rings (SSSR count). The number of aromatic nitrogens is 1. The smallest absolute Gasteiger partial charge is 0.436 e. The normalized spacial score (nSPS) is 11.2. The van der Waals surface area contributed by atoms with Gasteiger partial charge < -0.3 is 19.3 Å². The standard InChI is InChI=1S/C15H15ClF3N3O4/c1-3-24-10-6-11(25-4-2)9(5-8(10)16)20-14(23)21-13-7-12(22-26-13)15(17,18)19/h5-7H,3-4H2,1-2H3,(H2,20,21,23). The fraction of sp³-hybridized carbons (Fsp3) is 0.333. The Morgan fingerprint density at radius 3 is 2.38 bits per heavy atom. The molecule has 0 aliphatic rings. The quantitative estimate of drug-likeness (QED) is 0.737. The van der Waals surface area contributed by atoms with Gasteiger partial charge in [0, 0.05) is 12.1 Å². The van der Waals surface area contributed by atoms with Gasteiger partial charge in [0.15, 0.2) is 5.69 Å². The summed E-state index contributed by atoms with van der Waals surface area (Å²) in [5.74, 6) is 0.183. The van der Waals surface area contributed by atoms with Crippen LogP contribution < -0.4 is 20.1 Å². The Hall–Kier alpha value is -2.62. The van der Waals surface area contributed by atoms with Crippen LogP contribution in [0.15, 0.2) is 22.7 Å². The summed E-state index contributed by atoms with van der Waals surface area (Å²) in [4.78, 5) is 12.0. The highest BCUT2D eigenvalue weighted by atomic mass is 35.5. The van der Waals surface area contributed by atoms with Crippen LogP contribution in [-0.2, 0) is 6.18 Å². The highest BCUT2D eigenvalue weighted by molar-refractivity contribution is 6.32. The van der Waals surface area contributed by atoms with Gasteiger partial charge in [-0.3, -0.25) is 5.32 Å². The van der Waals surface area contributed by atoms with Crippen molar-refractivity contribution in [2.24, 2.45) is 0 Å². The number of anilines is 2. The molecule has 7 nitrogen and oxygen atoms in total. The van der Waals surface area contributed by atoms with Crippen molar-refractivity contribution in [3.63, 3.8) is 0 Å². The second kappa shape index (κ2) is 8.17. The van der Waals surface area contributed by atoms with Gasteiger partial charge in [-0.1, -0.05) is 16.8 Å². The lowest BCUT2D eigenvalue weighted by molar-refractivity contribution is -0.142. The van der Waals surface area contributed by atoms with Crippen LogP contribution in [0.5, 0.6) is 11.5 Å². The summed E-state index contributed by atoms with van der Waals surface area (Å²) >= 11 is 6.07. The van der Waals surface area contributed by atoms with Crippen molar-refractivity contribution >= 4 is 29.2 Å². The number of benzene rings is 1. The molecule has 0 radical (unpaired) electrons. The summed E-state index contributed by atoms with van der Waals surface area (Å²) in [6, 6.07) is 2.60. The van der Waals surface area contributed by atoms with E-state index in [1.54, 1.807) is 13.8 Å². The minimum atomic E-state index is -4.68. The molecule has 11 heteroatoms. The van der Waals surface area contributed by atoms with E-state index in [1.807, 2.05) is 0 Å². The second-order valence-corrected chi connectivity index (χ2v) is 5.21. The summed E-state index contributed by atoms with van der Waals surface area (Å²) < 4.78 is 52.6. The summed E-state index contributed by atoms with van der Waals surface area (Å²) in [5.41, 5.74) is -1.06. The molecule has 0 bridgehead atoms. The number of urea groups is 1. The number of amides is 2. The maximum absolute atomic E-state index is 12.5. The van der Waals surface area contributed by atoms with Gasteiger partial charge in [0.2, 0.25) is 5.88 Å². The van der Waals surface area contributed by atoms with Gasteiger partial charge >= 0.3 is 12.2 Å². The highest BCUT2D eigenvalue weighted by Gasteiger charge is 2.35. The number of ether oxygens (including phenoxy) is 2. The zero-order valence-electron chi connectivity index (χ0n) is 13.7. The third kappa shape index (κ3) is 4.94. The number of halogens is 4. The van der Waals surface area contributed by atoms with Crippen molar-refractivity contribution in [2.75, 3.05) is 23.8 Å². The Morgan fingerprint density at radius 2 is 1.81 bits per heavy atom. The number of carbonyl (C=O) groups is 1. The van der Waals surface area contributed by atoms with Crippen molar-refractivity contribution in [3.8, 4) is 11.5 Å². The molecule has 2 N–H and O–H groups in total. The molecule has 0 saturated carbocycles. The molecule has 0 saturated heterocycles. The van der Waals surface area contributed by atoms with Crippen LogP contribution in [0.25, 0.3) is 0 Å². The lowest BCUT2D eigenvalue weighted by Crippen LogP contribution is -2.19. The molecule has 0 spiro atoms. The maximum Gasteiger partial charge on any atom is 0.436 e. The largest absolute Gasteiger partial charge is 0.492 e. The van der Waals surface area contributed by atoms with Gasteiger partial charge in [0.05, 0.1) is 23.9 Å². The van der Waals surface area contributed by atoms with Crippen molar-refractivity contribution in [1.29, 1.82) is 0 Å². The van der Waals surface area contributed by atoms with Gasteiger partial charge in [0.1, 0.15) is 11.5 Å². The fourth-order valence-electron chi connectivity index (χ4n) is 1.91. The van der Waals surface area contributed by atoms with Crippen LogP contribution in [-0.4, -0.2) is 24.4 Å². The Bertz CT molecular complexity index is 780. The molecule has 142 valence electrons. The van der Waals surface area contributed by atoms with E-state index in [0.29, 0.717) is 25.0 Å². The Morgan fingerprint density at radius 1 is 1.15 bits per heavy atom. The predicted octanol–water partition coefficient (Wildman–Crippen LogP) is 4.79. The summed E-state index contributed by atoms with van der Waals surface area (Å²) in [7, 11) is 0. The molecule has 1 aromatic heterocycles. The first kappa shape index (κ1) is 19.7. The number of rotatable bonds is 6. The Kier molecular flexibility index (Phi) is 6.19. The van der Waals surface area contributed by atoms with Crippen LogP contribution in [0.3, 0.4) is 0 Å². The first-order valence-electron chi connectivity index (χ1n) is 7.45. The van der Waals surface area contributed by atoms with Crippen LogP contribution in [0.2, 0.25) is 5.02 Å². The third-order valence-electron chi connectivity index (χ3n) is 2.92. The van der Waals surface area contributed by atoms with E-state index in [2.05, 4.69) is 20.3 Å². The SMILES string of the molecule is CCOc1cc(OCC)c(NC(=O)Nc2cc(C(F)(F)F)no2)cc1Cl. The van der Waals surface area contributed by atoms with E-state index in [4.69, 9.17) is 21.1 Å². The minimum absolute atomic E-state index is 0.202. The molecule has 2 amide bonds. The molecule has 0 atom stereocenters. The minimum Gasteiger partial charge on any atom is -0.492 e. The molecule has 0 aliphatic carbocycles. The topological polar surface area (TPSA) is 85.6 Å². The van der Waals surface area contributed by atoms with Crippen LogP contribution >= 0.6 is 11.6 Å². The van der Waals surface area contributed by atoms with Crippen LogP contribution in [0.4, 0.5) is 29.5 Å². The molecular weight excluding hydrogens is 379 g/mol. The molecule has 1 aromatic carbocycles. The summed E-state index contributed by atoms with van der Waals surface area (Å²) in [6.45, 7) is 4.21. The van der Waals surface area contributed by atoms with Gasteiger partial charge in [0.25, 0.3) is 0 Å². The van der Waals surface area contributed by atoms with E-state index in [0.717, 1.165) is 0 Å². The molecule has 2 aromatic rings. The molecule has 26 heavy (non-hydrogen) atoms. The molecule has 1 heterocycles. The van der Waals surface area contributed by atoms with Crippen molar-refractivity contribution in [1.82, 2.24) is 5.16 Å². The lowest BCUT2D eigenvalue weighted by Gasteiger charge is -2.14. The monoisotopic (exact) mass is 393 g/mol. The van der Waals surface area contributed by atoms with E-state index in [1.165, 1.54) is 12.1 Å². The van der Waals surface area contributed by atoms with Gasteiger partial charge in [-0.05, 0) is 19.9 Å². The van der Waals surface area contributed by atoms with Crippen molar-refractivity contribution in [2.45, 2.75) is 20.0 Å². The number of carbonyl (C=O) groups excluding carboxylic acids is 1. The van der Waals surface area contributed by atoms with Gasteiger partial charge in [-0.2, -0.15) is 13.2 Å². The van der Waals surface area contributed by atoms with Gasteiger partial charge in [-0.15, -0.1) is 0 Å². The maximum atomic E-state index is 12.5. The average Bonchev–Trinajstić information content (AvgIpc) is 3.00. The summed E-state index contributed by atoms with van der Waals surface area (Å²) in [6.07, 6.45) is -4.68. The second-order valence-electron chi connectivity index (χ2n) is 4.80. The van der Waals surface area contributed by atoms with Gasteiger partial charge in [-0.25, -0.2) is 4.79 Å². The summed E-state index contributed by atoms with van der Waals surface area (Å²) in [5, 5.41) is 7.58. The Labute approximate surface area is 151 Å². The molecule has 0 fully saturated rings. The van der Waals surface area contributed by atoms with Crippen LogP contribution in [0, 0.1) is 0 Å². The third-order valence-corrected chi connectivity index (χ3v) is 3.21. The number of alkyl halides is 3. The van der Waals surface area contributed by atoms with E-state index >= 15 is 0 Å². The van der Waals surface area contributed by atoms with E-state index < -0.39 is 23.8 Å². The molecule has 0 unspecified atom stereocenters. The first-order valence-corrected chi connectivity index (χ1v) is 7.83. The zero-order valence-corrected chi connectivity index (χ0v) is 14.5. The predicted molar refractivity (Wildman–Crippen MR) is 87.9 cm³/mol.